The Morgan fingerprint density at radius 1 is 1.26 bits per heavy atom. The van der Waals surface area contributed by atoms with Gasteiger partial charge in [0.2, 0.25) is 0 Å². The molecule has 2 heterocycles. The predicted octanol–water partition coefficient (Wildman–Crippen LogP) is 4.89. The van der Waals surface area contributed by atoms with Gasteiger partial charge in [-0.05, 0) is 50.8 Å². The monoisotopic (exact) mass is 434 g/mol. The first-order chi connectivity index (χ1) is 14.7. The fourth-order valence-electron chi connectivity index (χ4n) is 4.56. The maximum absolute atomic E-state index is 13.2. The number of carbonyl (C=O) groups excluding carboxylic acids is 1. The maximum Gasteiger partial charge on any atom is 0.271 e. The Kier molecular flexibility index (Phi) is 5.15. The SMILES string of the molecule is Cc1cc(C2C(C#N)=C(N)N(c3cc([N+](=O)[O-])ccc3C)C3=C2C(=O)CCC3)c(C)s1. The van der Waals surface area contributed by atoms with Crippen molar-refractivity contribution in [2.24, 2.45) is 5.73 Å². The summed E-state index contributed by atoms with van der Waals surface area (Å²) in [5.74, 6) is -0.274. The standard InChI is InChI=1S/C23H22N4O3S/c1-12-7-8-15(27(29)30)10-19(12)26-18-5-4-6-20(28)22(18)21(17(11-24)23(26)25)16-9-13(2)31-14(16)3/h7-10,21H,4-6,25H2,1-3H3. The van der Waals surface area contributed by atoms with E-state index < -0.39 is 10.8 Å². The van der Waals surface area contributed by atoms with E-state index in [0.29, 0.717) is 36.1 Å². The molecule has 1 unspecified atom stereocenters. The minimum Gasteiger partial charge on any atom is -0.384 e. The highest BCUT2D eigenvalue weighted by Gasteiger charge is 2.41. The molecular weight excluding hydrogens is 412 g/mol. The molecule has 0 amide bonds. The third kappa shape index (κ3) is 3.31. The van der Waals surface area contributed by atoms with E-state index in [2.05, 4.69) is 6.07 Å². The number of non-ortho nitro benzene ring substituents is 1. The Balaban J connectivity index is 2.01. The van der Waals surface area contributed by atoms with Crippen LogP contribution in [-0.2, 0) is 4.79 Å². The third-order valence-electron chi connectivity index (χ3n) is 5.95. The van der Waals surface area contributed by atoms with Crippen molar-refractivity contribution in [1.82, 2.24) is 0 Å². The summed E-state index contributed by atoms with van der Waals surface area (Å²) in [6.45, 7) is 5.82. The molecule has 1 aromatic heterocycles. The summed E-state index contributed by atoms with van der Waals surface area (Å²) < 4.78 is 0. The van der Waals surface area contributed by atoms with E-state index in [0.717, 1.165) is 26.6 Å². The topological polar surface area (TPSA) is 113 Å². The second kappa shape index (κ2) is 7.67. The van der Waals surface area contributed by atoms with Gasteiger partial charge in [0.25, 0.3) is 5.69 Å². The van der Waals surface area contributed by atoms with Crippen LogP contribution in [0.15, 0.2) is 46.9 Å². The van der Waals surface area contributed by atoms with Crippen LogP contribution < -0.4 is 10.6 Å². The number of nitrogens with zero attached hydrogens (tertiary/aromatic N) is 3. The van der Waals surface area contributed by atoms with Crippen LogP contribution in [0.25, 0.3) is 0 Å². The van der Waals surface area contributed by atoms with Gasteiger partial charge in [-0.1, -0.05) is 6.07 Å². The van der Waals surface area contributed by atoms with Crippen molar-refractivity contribution in [3.63, 3.8) is 0 Å². The molecule has 158 valence electrons. The van der Waals surface area contributed by atoms with Crippen LogP contribution in [0, 0.1) is 42.2 Å². The van der Waals surface area contributed by atoms with E-state index in [9.17, 15) is 20.2 Å². The molecule has 1 aliphatic heterocycles. The van der Waals surface area contributed by atoms with Crippen LogP contribution in [0.2, 0.25) is 0 Å². The molecular formula is C23H22N4O3S. The van der Waals surface area contributed by atoms with Crippen molar-refractivity contribution < 1.29 is 9.72 Å². The molecule has 2 aliphatic rings. The summed E-state index contributed by atoms with van der Waals surface area (Å²) in [5.41, 5.74) is 10.4. The van der Waals surface area contributed by atoms with Crippen LogP contribution in [-0.4, -0.2) is 10.7 Å². The zero-order valence-corrected chi connectivity index (χ0v) is 18.4. The van der Waals surface area contributed by atoms with E-state index in [1.807, 2.05) is 26.8 Å². The lowest BCUT2D eigenvalue weighted by Gasteiger charge is -2.40. The van der Waals surface area contributed by atoms with Gasteiger partial charge >= 0.3 is 0 Å². The average Bonchev–Trinajstić information content (AvgIpc) is 3.05. The molecule has 0 spiro atoms. The summed E-state index contributed by atoms with van der Waals surface area (Å²) in [7, 11) is 0. The number of rotatable bonds is 3. The van der Waals surface area contributed by atoms with Crippen molar-refractivity contribution in [2.45, 2.75) is 46.0 Å². The van der Waals surface area contributed by atoms with Gasteiger partial charge in [-0.15, -0.1) is 11.3 Å². The first-order valence-electron chi connectivity index (χ1n) is 10.0. The molecule has 8 heteroatoms. The summed E-state index contributed by atoms with van der Waals surface area (Å²) in [4.78, 5) is 27.9. The number of hydrogen-bond donors (Lipinski definition) is 1. The number of carbonyl (C=O) groups is 1. The van der Waals surface area contributed by atoms with Crippen molar-refractivity contribution >= 4 is 28.5 Å². The number of aryl methyl sites for hydroxylation is 3. The molecule has 4 rings (SSSR count). The van der Waals surface area contributed by atoms with Gasteiger partial charge in [-0.2, -0.15) is 5.26 Å². The van der Waals surface area contributed by atoms with E-state index in [1.165, 1.54) is 12.1 Å². The van der Waals surface area contributed by atoms with Crippen LogP contribution in [0.3, 0.4) is 0 Å². The molecule has 1 aliphatic carbocycles. The van der Waals surface area contributed by atoms with Crippen LogP contribution >= 0.6 is 11.3 Å². The van der Waals surface area contributed by atoms with Crippen LogP contribution in [0.4, 0.5) is 11.4 Å². The number of nitro benzene ring substituents is 1. The number of anilines is 1. The molecule has 0 saturated heterocycles. The summed E-state index contributed by atoms with van der Waals surface area (Å²) in [5, 5.41) is 21.5. The second-order valence-electron chi connectivity index (χ2n) is 7.91. The molecule has 0 saturated carbocycles. The van der Waals surface area contributed by atoms with Crippen LogP contribution in [0.5, 0.6) is 0 Å². The summed E-state index contributed by atoms with van der Waals surface area (Å²) in [6.07, 6.45) is 1.70. The van der Waals surface area contributed by atoms with E-state index >= 15 is 0 Å². The molecule has 0 fully saturated rings. The Hall–Kier alpha value is -3.44. The number of nitro groups is 1. The normalized spacial score (nSPS) is 18.8. The smallest absolute Gasteiger partial charge is 0.271 e. The third-order valence-corrected chi connectivity index (χ3v) is 6.93. The molecule has 2 aromatic rings. The van der Waals surface area contributed by atoms with E-state index in [1.54, 1.807) is 22.3 Å². The van der Waals surface area contributed by atoms with Gasteiger partial charge in [0.05, 0.1) is 28.2 Å². The number of benzene rings is 1. The predicted molar refractivity (Wildman–Crippen MR) is 120 cm³/mol. The highest BCUT2D eigenvalue weighted by atomic mass is 32.1. The zero-order chi connectivity index (χ0) is 22.4. The molecule has 0 radical (unpaired) electrons. The number of thiophene rings is 1. The van der Waals surface area contributed by atoms with Gasteiger partial charge < -0.3 is 5.73 Å². The first kappa shape index (κ1) is 20.8. The number of allylic oxidation sites excluding steroid dienone is 3. The quantitative estimate of drug-likeness (QED) is 0.544. The second-order valence-corrected chi connectivity index (χ2v) is 9.37. The van der Waals surface area contributed by atoms with E-state index in [-0.39, 0.29) is 17.3 Å². The Labute approximate surface area is 184 Å². The number of hydrogen-bond acceptors (Lipinski definition) is 7. The Morgan fingerprint density at radius 3 is 2.61 bits per heavy atom. The molecule has 1 aromatic carbocycles. The average molecular weight is 435 g/mol. The van der Waals surface area contributed by atoms with Crippen molar-refractivity contribution in [2.75, 3.05) is 4.90 Å². The van der Waals surface area contributed by atoms with Gasteiger partial charge in [0, 0.05) is 39.6 Å². The summed E-state index contributed by atoms with van der Waals surface area (Å²) >= 11 is 1.63. The minimum absolute atomic E-state index is 0.00263. The zero-order valence-electron chi connectivity index (χ0n) is 17.6. The lowest BCUT2D eigenvalue weighted by atomic mass is 9.75. The Morgan fingerprint density at radius 2 is 2.00 bits per heavy atom. The van der Waals surface area contributed by atoms with Gasteiger partial charge in [0.15, 0.2) is 5.78 Å². The lowest BCUT2D eigenvalue weighted by molar-refractivity contribution is -0.384. The fourth-order valence-corrected chi connectivity index (χ4v) is 5.53. The van der Waals surface area contributed by atoms with Gasteiger partial charge in [0.1, 0.15) is 5.82 Å². The molecule has 31 heavy (non-hydrogen) atoms. The Bertz CT molecular complexity index is 1230. The highest BCUT2D eigenvalue weighted by Crippen LogP contribution is 2.48. The van der Waals surface area contributed by atoms with Crippen molar-refractivity contribution in [3.8, 4) is 6.07 Å². The van der Waals surface area contributed by atoms with Crippen molar-refractivity contribution in [3.05, 3.63) is 77.9 Å². The fraction of sp³-hybridized carbons (Fsp3) is 0.304. The number of ketones is 1. The maximum atomic E-state index is 13.2. The first-order valence-corrected chi connectivity index (χ1v) is 10.8. The van der Waals surface area contributed by atoms with Gasteiger partial charge in [-0.3, -0.25) is 19.8 Å². The van der Waals surface area contributed by atoms with Gasteiger partial charge in [-0.25, -0.2) is 0 Å². The highest BCUT2D eigenvalue weighted by molar-refractivity contribution is 7.12. The minimum atomic E-state index is -0.506. The molecule has 7 nitrogen and oxygen atoms in total. The van der Waals surface area contributed by atoms with Crippen molar-refractivity contribution in [1.29, 1.82) is 5.26 Å². The molecule has 0 bridgehead atoms. The largest absolute Gasteiger partial charge is 0.384 e. The number of nitriles is 1. The lowest BCUT2D eigenvalue weighted by Crippen LogP contribution is -2.39. The number of nitrogens with two attached hydrogens (primary N) is 1. The summed E-state index contributed by atoms with van der Waals surface area (Å²) in [6, 6.07) is 8.83. The number of Topliss-reactive ketones (excluding diaryl/α,β-unsaturated/α-hetero) is 1. The molecule has 2 N–H and O–H groups in total. The van der Waals surface area contributed by atoms with Crippen LogP contribution in [0.1, 0.15) is 46.1 Å². The van der Waals surface area contributed by atoms with E-state index in [4.69, 9.17) is 5.73 Å². The molecule has 1 atom stereocenters.